The van der Waals surface area contributed by atoms with Crippen LogP contribution in [0.4, 0.5) is 0 Å². The fourth-order valence-electron chi connectivity index (χ4n) is 0.907. The van der Waals surface area contributed by atoms with E-state index >= 15 is 0 Å². The predicted octanol–water partition coefficient (Wildman–Crippen LogP) is -0.297. The van der Waals surface area contributed by atoms with E-state index in [-0.39, 0.29) is 12.3 Å². The predicted molar refractivity (Wildman–Crippen MR) is 34.0 cm³/mol. The van der Waals surface area contributed by atoms with Crippen LogP contribution in [-0.2, 0) is 4.74 Å². The summed E-state index contributed by atoms with van der Waals surface area (Å²) in [6, 6.07) is 0. The van der Waals surface area contributed by atoms with Crippen molar-refractivity contribution in [2.45, 2.75) is 25.7 Å². The zero-order valence-electron chi connectivity index (χ0n) is 5.63. The number of hydrogen-bond acceptors (Lipinski definition) is 3. The van der Waals surface area contributed by atoms with Crippen LogP contribution in [0.1, 0.15) is 13.3 Å². The van der Waals surface area contributed by atoms with Crippen molar-refractivity contribution in [3.8, 4) is 0 Å². The average molecular weight is 131 g/mol. The summed E-state index contributed by atoms with van der Waals surface area (Å²) in [7, 11) is 0. The van der Waals surface area contributed by atoms with Gasteiger partial charge < -0.3 is 9.84 Å². The molecule has 1 unspecified atom stereocenters. The molecule has 0 aromatic carbocycles. The third-order valence-corrected chi connectivity index (χ3v) is 1.51. The smallest absolute Gasteiger partial charge is 0.134 e. The van der Waals surface area contributed by atoms with Crippen molar-refractivity contribution in [2.75, 3.05) is 13.2 Å². The van der Waals surface area contributed by atoms with E-state index in [2.05, 4.69) is 5.32 Å². The first-order chi connectivity index (χ1) is 4.34. The van der Waals surface area contributed by atoms with Crippen LogP contribution in [0.2, 0.25) is 0 Å². The highest BCUT2D eigenvalue weighted by molar-refractivity contribution is 4.69. The zero-order chi connectivity index (χ0) is 6.69. The molecule has 0 radical (unpaired) electrons. The average Bonchev–Trinajstić information content (AvgIpc) is 2.37. The molecule has 0 bridgehead atoms. The van der Waals surface area contributed by atoms with Crippen LogP contribution in [-0.4, -0.2) is 30.6 Å². The molecule has 1 heterocycles. The largest absolute Gasteiger partial charge is 0.389 e. The Labute approximate surface area is 55.0 Å². The lowest BCUT2D eigenvalue weighted by Gasteiger charge is -2.14. The Hall–Kier alpha value is -0.120. The van der Waals surface area contributed by atoms with E-state index in [1.165, 1.54) is 0 Å². The number of hydrogen-bond donors (Lipinski definition) is 2. The van der Waals surface area contributed by atoms with Crippen LogP contribution >= 0.6 is 0 Å². The van der Waals surface area contributed by atoms with E-state index in [0.29, 0.717) is 0 Å². The molecule has 54 valence electrons. The summed E-state index contributed by atoms with van der Waals surface area (Å²) in [5, 5.41) is 12.2. The summed E-state index contributed by atoms with van der Waals surface area (Å²) in [5.74, 6) is 0. The molecule has 2 N–H and O–H groups in total. The van der Waals surface area contributed by atoms with E-state index in [1.807, 2.05) is 6.92 Å². The van der Waals surface area contributed by atoms with Crippen LogP contribution < -0.4 is 5.32 Å². The molecule has 1 aliphatic heterocycles. The van der Waals surface area contributed by atoms with Gasteiger partial charge in [0.1, 0.15) is 6.23 Å². The molecular weight excluding hydrogens is 118 g/mol. The van der Waals surface area contributed by atoms with Crippen molar-refractivity contribution in [2.24, 2.45) is 0 Å². The molecule has 0 aliphatic carbocycles. The molecule has 0 amide bonds. The van der Waals surface area contributed by atoms with Gasteiger partial charge in [-0.3, -0.25) is 5.32 Å². The quantitative estimate of drug-likeness (QED) is 0.540. The molecule has 0 saturated carbocycles. The molecule has 2 atom stereocenters. The monoisotopic (exact) mass is 131 g/mol. The summed E-state index contributed by atoms with van der Waals surface area (Å²) in [4.78, 5) is 0. The molecule has 9 heavy (non-hydrogen) atoms. The minimum atomic E-state index is -0.340. The second-order valence-electron chi connectivity index (χ2n) is 2.22. The molecular formula is C6H13NO2. The van der Waals surface area contributed by atoms with E-state index in [1.54, 1.807) is 0 Å². The van der Waals surface area contributed by atoms with Gasteiger partial charge in [-0.1, -0.05) is 6.92 Å². The second kappa shape index (κ2) is 3.15. The Morgan fingerprint density at radius 2 is 2.67 bits per heavy atom. The van der Waals surface area contributed by atoms with Gasteiger partial charge in [-0.05, 0) is 6.42 Å². The van der Waals surface area contributed by atoms with Gasteiger partial charge >= 0.3 is 0 Å². The summed E-state index contributed by atoms with van der Waals surface area (Å²) >= 11 is 0. The molecule has 0 aromatic heterocycles. The highest BCUT2D eigenvalue weighted by Gasteiger charge is 2.20. The number of nitrogens with one attached hydrogen (secondary N) is 1. The van der Waals surface area contributed by atoms with Gasteiger partial charge in [-0.25, -0.2) is 0 Å². The number of ether oxygens (including phenoxy) is 1. The first-order valence-corrected chi connectivity index (χ1v) is 3.37. The SMILES string of the molecule is CC[C@@H](O)C1NCCO1. The summed E-state index contributed by atoms with van der Waals surface area (Å²) < 4.78 is 5.14. The standard InChI is InChI=1S/C6H13NO2/c1-2-5(8)6-7-3-4-9-6/h5-8H,2-4H2,1H3/t5-,6?/m1/s1. The van der Waals surface area contributed by atoms with E-state index in [9.17, 15) is 5.11 Å². The molecule has 1 rings (SSSR count). The minimum Gasteiger partial charge on any atom is -0.389 e. The van der Waals surface area contributed by atoms with Gasteiger partial charge in [0.05, 0.1) is 12.7 Å². The topological polar surface area (TPSA) is 41.5 Å². The van der Waals surface area contributed by atoms with Gasteiger partial charge in [0.25, 0.3) is 0 Å². The maximum absolute atomic E-state index is 9.17. The highest BCUT2D eigenvalue weighted by Crippen LogP contribution is 2.03. The summed E-state index contributed by atoms with van der Waals surface area (Å²) in [5.41, 5.74) is 0. The first-order valence-electron chi connectivity index (χ1n) is 3.37. The Morgan fingerprint density at radius 3 is 3.11 bits per heavy atom. The summed E-state index contributed by atoms with van der Waals surface area (Å²) in [6.07, 6.45) is 0.292. The van der Waals surface area contributed by atoms with Crippen molar-refractivity contribution >= 4 is 0 Å². The van der Waals surface area contributed by atoms with Gasteiger partial charge in [0, 0.05) is 6.54 Å². The second-order valence-corrected chi connectivity index (χ2v) is 2.22. The molecule has 1 saturated heterocycles. The van der Waals surface area contributed by atoms with Crippen molar-refractivity contribution < 1.29 is 9.84 Å². The fraction of sp³-hybridized carbons (Fsp3) is 1.00. The first kappa shape index (κ1) is 6.99. The van der Waals surface area contributed by atoms with E-state index < -0.39 is 0 Å². The lowest BCUT2D eigenvalue weighted by Crippen LogP contribution is -2.35. The Balaban J connectivity index is 2.24. The van der Waals surface area contributed by atoms with Crippen molar-refractivity contribution in [3.63, 3.8) is 0 Å². The molecule has 3 nitrogen and oxygen atoms in total. The lowest BCUT2D eigenvalue weighted by atomic mass is 10.2. The third-order valence-electron chi connectivity index (χ3n) is 1.51. The molecule has 1 fully saturated rings. The number of rotatable bonds is 2. The van der Waals surface area contributed by atoms with Crippen LogP contribution in [0.15, 0.2) is 0 Å². The minimum absolute atomic E-state index is 0.116. The van der Waals surface area contributed by atoms with Crippen molar-refractivity contribution in [3.05, 3.63) is 0 Å². The maximum atomic E-state index is 9.17. The van der Waals surface area contributed by atoms with Crippen LogP contribution in [0.25, 0.3) is 0 Å². The molecule has 1 aliphatic rings. The van der Waals surface area contributed by atoms with Gasteiger partial charge in [0.2, 0.25) is 0 Å². The lowest BCUT2D eigenvalue weighted by molar-refractivity contribution is -0.0123. The van der Waals surface area contributed by atoms with Crippen LogP contribution in [0, 0.1) is 0 Å². The Kier molecular flexibility index (Phi) is 2.45. The third kappa shape index (κ3) is 1.64. The highest BCUT2D eigenvalue weighted by atomic mass is 16.5. The Bertz CT molecular complexity index is 81.1. The molecule has 0 spiro atoms. The normalized spacial score (nSPS) is 30.7. The molecule has 3 heteroatoms. The Morgan fingerprint density at radius 1 is 1.89 bits per heavy atom. The van der Waals surface area contributed by atoms with Gasteiger partial charge in [-0.2, -0.15) is 0 Å². The molecule has 0 aromatic rings. The number of aliphatic hydroxyl groups excluding tert-OH is 1. The summed E-state index contributed by atoms with van der Waals surface area (Å²) in [6.45, 7) is 3.53. The van der Waals surface area contributed by atoms with Crippen molar-refractivity contribution in [1.82, 2.24) is 5.32 Å². The van der Waals surface area contributed by atoms with Crippen LogP contribution in [0.5, 0.6) is 0 Å². The van der Waals surface area contributed by atoms with E-state index in [4.69, 9.17) is 4.74 Å². The van der Waals surface area contributed by atoms with E-state index in [0.717, 1.165) is 19.6 Å². The maximum Gasteiger partial charge on any atom is 0.134 e. The van der Waals surface area contributed by atoms with Crippen molar-refractivity contribution in [1.29, 1.82) is 0 Å². The number of aliphatic hydroxyl groups is 1. The van der Waals surface area contributed by atoms with Gasteiger partial charge in [-0.15, -0.1) is 0 Å². The van der Waals surface area contributed by atoms with Gasteiger partial charge in [0.15, 0.2) is 0 Å². The zero-order valence-corrected chi connectivity index (χ0v) is 5.63. The van der Waals surface area contributed by atoms with Crippen LogP contribution in [0.3, 0.4) is 0 Å². The fourth-order valence-corrected chi connectivity index (χ4v) is 0.907.